The van der Waals surface area contributed by atoms with Crippen LogP contribution >= 0.6 is 11.8 Å². The largest absolute Gasteiger partial charge is 0.493 e. The minimum absolute atomic E-state index is 0.0366. The van der Waals surface area contributed by atoms with E-state index in [1.165, 1.54) is 16.3 Å². The quantitative estimate of drug-likeness (QED) is 0.440. The van der Waals surface area contributed by atoms with Crippen LogP contribution in [-0.4, -0.2) is 26.2 Å². The molecular weight excluding hydrogens is 336 g/mol. The first kappa shape index (κ1) is 19.2. The van der Waals surface area contributed by atoms with Crippen molar-refractivity contribution in [1.29, 1.82) is 0 Å². The second-order valence-electron chi connectivity index (χ2n) is 5.95. The highest BCUT2D eigenvalue weighted by Gasteiger charge is 2.21. The predicted molar refractivity (Wildman–Crippen MR) is 101 cm³/mol. The molecule has 0 aliphatic heterocycles. The summed E-state index contributed by atoms with van der Waals surface area (Å²) in [5, 5.41) is 10.6. The number of rotatable bonds is 8. The second kappa shape index (κ2) is 8.85. The Labute approximate surface area is 152 Å². The third-order valence-electron chi connectivity index (χ3n) is 4.11. The number of Topliss-reactive ketones (excluding diaryl/α,β-unsaturated/α-hetero) is 1. The van der Waals surface area contributed by atoms with Gasteiger partial charge in [0.1, 0.15) is 0 Å². The average Bonchev–Trinajstić information content (AvgIpc) is 2.60. The van der Waals surface area contributed by atoms with Crippen molar-refractivity contribution < 1.29 is 9.90 Å². The maximum absolute atomic E-state index is 12.7. The predicted octanol–water partition coefficient (Wildman–Crippen LogP) is 3.85. The zero-order valence-electron chi connectivity index (χ0n) is 14.9. The standard InChI is InChI=1S/C19H24N2O3S/c1-4-9-13(3)16-17(23)20-19(21(5-2)18(16)24)25-12-15(22)14-10-7-6-8-11-14/h6-8,10-11,13,23H,4-5,9,12H2,1-3H3/t13-/m1/s1. The summed E-state index contributed by atoms with van der Waals surface area (Å²) in [6.45, 7) is 6.27. The van der Waals surface area contributed by atoms with Gasteiger partial charge in [0.15, 0.2) is 10.9 Å². The van der Waals surface area contributed by atoms with Crippen molar-refractivity contribution in [2.24, 2.45) is 0 Å². The third-order valence-corrected chi connectivity index (χ3v) is 5.08. The van der Waals surface area contributed by atoms with Gasteiger partial charge in [-0.1, -0.05) is 62.4 Å². The maximum Gasteiger partial charge on any atom is 0.261 e. The molecule has 0 aliphatic rings. The fraction of sp³-hybridized carbons (Fsp3) is 0.421. The van der Waals surface area contributed by atoms with E-state index in [4.69, 9.17) is 0 Å². The van der Waals surface area contributed by atoms with Crippen LogP contribution in [0.5, 0.6) is 5.88 Å². The molecule has 6 heteroatoms. The highest BCUT2D eigenvalue weighted by atomic mass is 32.2. The Hall–Kier alpha value is -2.08. The SMILES string of the molecule is CCC[C@@H](C)c1c(O)nc(SCC(=O)c2ccccc2)n(CC)c1=O. The minimum atomic E-state index is -0.217. The molecule has 1 atom stereocenters. The van der Waals surface area contributed by atoms with Crippen molar-refractivity contribution in [3.63, 3.8) is 0 Å². The molecule has 5 nitrogen and oxygen atoms in total. The maximum atomic E-state index is 12.7. The number of carbonyl (C=O) groups is 1. The summed E-state index contributed by atoms with van der Waals surface area (Å²) in [7, 11) is 0. The fourth-order valence-corrected chi connectivity index (χ4v) is 3.72. The van der Waals surface area contributed by atoms with Crippen LogP contribution in [0.4, 0.5) is 0 Å². The Morgan fingerprint density at radius 3 is 2.56 bits per heavy atom. The van der Waals surface area contributed by atoms with Crippen molar-refractivity contribution in [3.05, 3.63) is 51.8 Å². The summed E-state index contributed by atoms with van der Waals surface area (Å²) in [5.41, 5.74) is 0.769. The molecule has 0 amide bonds. The first-order chi connectivity index (χ1) is 12.0. The van der Waals surface area contributed by atoms with E-state index in [0.717, 1.165) is 12.8 Å². The van der Waals surface area contributed by atoms with Crippen molar-refractivity contribution >= 4 is 17.5 Å². The van der Waals surface area contributed by atoms with Crippen LogP contribution in [0.2, 0.25) is 0 Å². The fourth-order valence-electron chi connectivity index (χ4n) is 2.77. The molecule has 0 aliphatic carbocycles. The molecule has 1 aromatic carbocycles. The van der Waals surface area contributed by atoms with E-state index in [0.29, 0.717) is 22.8 Å². The van der Waals surface area contributed by atoms with Crippen molar-refractivity contribution in [2.75, 3.05) is 5.75 Å². The molecule has 0 bridgehead atoms. The lowest BCUT2D eigenvalue weighted by molar-refractivity contribution is 0.102. The zero-order chi connectivity index (χ0) is 18.4. The van der Waals surface area contributed by atoms with Gasteiger partial charge in [0, 0.05) is 12.1 Å². The van der Waals surface area contributed by atoms with Gasteiger partial charge < -0.3 is 5.11 Å². The first-order valence-electron chi connectivity index (χ1n) is 8.54. The summed E-state index contributed by atoms with van der Waals surface area (Å²) in [6, 6.07) is 9.00. The smallest absolute Gasteiger partial charge is 0.261 e. The highest BCUT2D eigenvalue weighted by molar-refractivity contribution is 7.99. The van der Waals surface area contributed by atoms with E-state index >= 15 is 0 Å². The van der Waals surface area contributed by atoms with Gasteiger partial charge in [0.2, 0.25) is 5.88 Å². The lowest BCUT2D eigenvalue weighted by Gasteiger charge is -2.16. The molecule has 25 heavy (non-hydrogen) atoms. The van der Waals surface area contributed by atoms with Crippen LogP contribution in [0.1, 0.15) is 55.5 Å². The lowest BCUT2D eigenvalue weighted by Crippen LogP contribution is -2.27. The molecule has 2 rings (SSSR count). The van der Waals surface area contributed by atoms with Gasteiger partial charge in [-0.05, 0) is 19.3 Å². The Morgan fingerprint density at radius 1 is 1.28 bits per heavy atom. The Balaban J connectivity index is 2.27. The van der Waals surface area contributed by atoms with E-state index in [1.54, 1.807) is 12.1 Å². The van der Waals surface area contributed by atoms with Gasteiger partial charge in [0.05, 0.1) is 11.3 Å². The van der Waals surface area contributed by atoms with E-state index < -0.39 is 0 Å². The van der Waals surface area contributed by atoms with Gasteiger partial charge >= 0.3 is 0 Å². The first-order valence-corrected chi connectivity index (χ1v) is 9.52. The molecule has 0 saturated heterocycles. The molecule has 1 N–H and O–H groups in total. The van der Waals surface area contributed by atoms with E-state index in [1.807, 2.05) is 39.0 Å². The zero-order valence-corrected chi connectivity index (χ0v) is 15.7. The Bertz CT molecular complexity index is 787. The molecule has 134 valence electrons. The van der Waals surface area contributed by atoms with Gasteiger partial charge in [-0.3, -0.25) is 14.2 Å². The third kappa shape index (κ3) is 4.51. The number of ketones is 1. The van der Waals surface area contributed by atoms with Crippen LogP contribution in [0.15, 0.2) is 40.3 Å². The van der Waals surface area contributed by atoms with Crippen LogP contribution in [0, 0.1) is 0 Å². The van der Waals surface area contributed by atoms with Crippen LogP contribution in [0.25, 0.3) is 0 Å². The number of thioether (sulfide) groups is 1. The minimum Gasteiger partial charge on any atom is -0.493 e. The number of aromatic hydroxyl groups is 1. The number of benzene rings is 1. The number of hydrogen-bond donors (Lipinski definition) is 1. The molecule has 0 spiro atoms. The van der Waals surface area contributed by atoms with E-state index in [-0.39, 0.29) is 28.9 Å². The summed E-state index contributed by atoms with van der Waals surface area (Å²) in [6.07, 6.45) is 1.74. The number of nitrogens with zero attached hydrogens (tertiary/aromatic N) is 2. The summed E-state index contributed by atoms with van der Waals surface area (Å²) >= 11 is 1.18. The summed E-state index contributed by atoms with van der Waals surface area (Å²) < 4.78 is 1.53. The monoisotopic (exact) mass is 360 g/mol. The molecule has 2 aromatic rings. The molecule has 0 unspecified atom stereocenters. The van der Waals surface area contributed by atoms with Crippen LogP contribution < -0.4 is 5.56 Å². The summed E-state index contributed by atoms with van der Waals surface area (Å²) in [5.74, 6) is -0.136. The molecule has 0 radical (unpaired) electrons. The van der Waals surface area contributed by atoms with E-state index in [9.17, 15) is 14.7 Å². The van der Waals surface area contributed by atoms with Crippen molar-refractivity contribution in [3.8, 4) is 5.88 Å². The average molecular weight is 360 g/mol. The molecule has 0 saturated carbocycles. The number of carbonyl (C=O) groups excluding carboxylic acids is 1. The Kier molecular flexibility index (Phi) is 6.82. The van der Waals surface area contributed by atoms with Crippen LogP contribution in [-0.2, 0) is 6.54 Å². The Morgan fingerprint density at radius 2 is 1.96 bits per heavy atom. The van der Waals surface area contributed by atoms with Gasteiger partial charge in [-0.15, -0.1) is 0 Å². The normalized spacial score (nSPS) is 12.1. The van der Waals surface area contributed by atoms with Gasteiger partial charge in [-0.2, -0.15) is 4.98 Å². The van der Waals surface area contributed by atoms with E-state index in [2.05, 4.69) is 4.98 Å². The lowest BCUT2D eigenvalue weighted by atomic mass is 9.98. The van der Waals surface area contributed by atoms with Crippen molar-refractivity contribution in [2.45, 2.75) is 51.2 Å². The van der Waals surface area contributed by atoms with Gasteiger partial charge in [-0.25, -0.2) is 0 Å². The highest BCUT2D eigenvalue weighted by Crippen LogP contribution is 2.27. The van der Waals surface area contributed by atoms with Crippen molar-refractivity contribution in [1.82, 2.24) is 9.55 Å². The topological polar surface area (TPSA) is 72.2 Å². The number of hydrogen-bond acceptors (Lipinski definition) is 5. The molecular formula is C19H24N2O3S. The second-order valence-corrected chi connectivity index (χ2v) is 6.89. The molecule has 0 fully saturated rings. The summed E-state index contributed by atoms with van der Waals surface area (Å²) in [4.78, 5) is 29.2. The van der Waals surface area contributed by atoms with Crippen LogP contribution in [0.3, 0.4) is 0 Å². The van der Waals surface area contributed by atoms with Gasteiger partial charge in [0.25, 0.3) is 5.56 Å². The molecule has 1 heterocycles. The molecule has 1 aromatic heterocycles. The number of aromatic nitrogens is 2.